The third-order valence-electron chi connectivity index (χ3n) is 4.06. The van der Waals surface area contributed by atoms with Gasteiger partial charge in [0.2, 0.25) is 0 Å². The molecular weight excluding hydrogens is 222 g/mol. The maximum absolute atomic E-state index is 9.68. The summed E-state index contributed by atoms with van der Waals surface area (Å²) in [6.45, 7) is 7.42. The van der Waals surface area contributed by atoms with Gasteiger partial charge in [-0.25, -0.2) is 0 Å². The van der Waals surface area contributed by atoms with Crippen LogP contribution in [0.15, 0.2) is 24.3 Å². The maximum Gasteiger partial charge on any atom is 0.0552 e. The largest absolute Gasteiger partial charge is 0.393 e. The van der Waals surface area contributed by atoms with Gasteiger partial charge < -0.3 is 10.0 Å². The molecule has 0 radical (unpaired) electrons. The van der Waals surface area contributed by atoms with Gasteiger partial charge in [-0.15, -0.1) is 0 Å². The lowest BCUT2D eigenvalue weighted by Gasteiger charge is -2.34. The van der Waals surface area contributed by atoms with Crippen LogP contribution in [0.5, 0.6) is 0 Å². The Morgan fingerprint density at radius 3 is 2.72 bits per heavy atom. The lowest BCUT2D eigenvalue weighted by atomic mass is 9.93. The zero-order valence-electron chi connectivity index (χ0n) is 11.6. The molecule has 2 heteroatoms. The summed E-state index contributed by atoms with van der Waals surface area (Å²) in [5.41, 5.74) is 2.74. The summed E-state index contributed by atoms with van der Waals surface area (Å²) in [6, 6.07) is 8.82. The molecule has 1 saturated heterocycles. The number of nitrogens with zero attached hydrogens (tertiary/aromatic N) is 1. The van der Waals surface area contributed by atoms with Crippen molar-refractivity contribution in [3.8, 4) is 0 Å². The van der Waals surface area contributed by atoms with E-state index in [0.717, 1.165) is 19.5 Å². The monoisotopic (exact) mass is 247 g/mol. The second-order valence-electron chi connectivity index (χ2n) is 5.68. The van der Waals surface area contributed by atoms with Crippen LogP contribution in [0.1, 0.15) is 30.9 Å². The van der Waals surface area contributed by atoms with Gasteiger partial charge in [0.1, 0.15) is 0 Å². The Morgan fingerprint density at radius 1 is 1.33 bits per heavy atom. The molecule has 1 heterocycles. The molecule has 0 aliphatic carbocycles. The van der Waals surface area contributed by atoms with Gasteiger partial charge in [-0.1, -0.05) is 29.8 Å². The van der Waals surface area contributed by atoms with Gasteiger partial charge in [-0.05, 0) is 51.1 Å². The fourth-order valence-electron chi connectivity index (χ4n) is 2.73. The van der Waals surface area contributed by atoms with Crippen LogP contribution in [0, 0.1) is 12.8 Å². The van der Waals surface area contributed by atoms with E-state index >= 15 is 0 Å². The molecule has 0 saturated carbocycles. The zero-order valence-corrected chi connectivity index (χ0v) is 11.6. The SMILES string of the molecule is Cc1ccc(CCN2CCCC(C(C)O)C2)cc1. The Bertz CT molecular complexity index is 358. The fraction of sp³-hybridized carbons (Fsp3) is 0.625. The molecule has 0 aromatic heterocycles. The normalized spacial score (nSPS) is 22.9. The van der Waals surface area contributed by atoms with Gasteiger partial charge in [0.25, 0.3) is 0 Å². The van der Waals surface area contributed by atoms with E-state index in [1.807, 2.05) is 6.92 Å². The number of aliphatic hydroxyl groups excluding tert-OH is 1. The first-order chi connectivity index (χ1) is 8.65. The Labute approximate surface area is 111 Å². The van der Waals surface area contributed by atoms with E-state index < -0.39 is 0 Å². The van der Waals surface area contributed by atoms with E-state index in [9.17, 15) is 5.11 Å². The van der Waals surface area contributed by atoms with Gasteiger partial charge >= 0.3 is 0 Å². The molecular formula is C16H25NO. The van der Waals surface area contributed by atoms with Crippen LogP contribution in [0.4, 0.5) is 0 Å². The lowest BCUT2D eigenvalue weighted by Crippen LogP contribution is -2.40. The minimum atomic E-state index is -0.160. The summed E-state index contributed by atoms with van der Waals surface area (Å²) in [5.74, 6) is 0.469. The van der Waals surface area contributed by atoms with Crippen molar-refractivity contribution in [1.29, 1.82) is 0 Å². The van der Waals surface area contributed by atoms with Crippen molar-refractivity contribution < 1.29 is 5.11 Å². The van der Waals surface area contributed by atoms with Crippen molar-refractivity contribution >= 4 is 0 Å². The van der Waals surface area contributed by atoms with Crippen molar-refractivity contribution in [2.45, 2.75) is 39.2 Å². The Balaban J connectivity index is 1.81. The van der Waals surface area contributed by atoms with Gasteiger partial charge in [0.15, 0.2) is 0 Å². The number of aryl methyl sites for hydroxylation is 1. The lowest BCUT2D eigenvalue weighted by molar-refractivity contribution is 0.0634. The molecule has 0 amide bonds. The van der Waals surface area contributed by atoms with E-state index in [0.29, 0.717) is 5.92 Å². The molecule has 2 atom stereocenters. The highest BCUT2D eigenvalue weighted by atomic mass is 16.3. The standard InChI is InChI=1S/C16H25NO/c1-13-5-7-15(8-6-13)9-11-17-10-3-4-16(12-17)14(2)18/h5-8,14,16,18H,3-4,9-12H2,1-2H3. The van der Waals surface area contributed by atoms with Gasteiger partial charge in [0.05, 0.1) is 6.10 Å². The Hall–Kier alpha value is -0.860. The highest BCUT2D eigenvalue weighted by Gasteiger charge is 2.22. The molecule has 2 unspecified atom stereocenters. The average molecular weight is 247 g/mol. The molecule has 1 aliphatic rings. The van der Waals surface area contributed by atoms with Crippen molar-refractivity contribution in [2.24, 2.45) is 5.92 Å². The topological polar surface area (TPSA) is 23.5 Å². The first-order valence-electron chi connectivity index (χ1n) is 7.11. The minimum Gasteiger partial charge on any atom is -0.393 e. The minimum absolute atomic E-state index is 0.160. The van der Waals surface area contributed by atoms with Crippen LogP contribution in [0.25, 0.3) is 0 Å². The Kier molecular flexibility index (Phi) is 4.79. The number of piperidine rings is 1. The van der Waals surface area contributed by atoms with Crippen molar-refractivity contribution in [1.82, 2.24) is 4.90 Å². The van der Waals surface area contributed by atoms with Crippen molar-refractivity contribution in [2.75, 3.05) is 19.6 Å². The Morgan fingerprint density at radius 2 is 2.06 bits per heavy atom. The molecule has 100 valence electrons. The van der Waals surface area contributed by atoms with Gasteiger partial charge in [-0.2, -0.15) is 0 Å². The van der Waals surface area contributed by atoms with Crippen LogP contribution in [0.2, 0.25) is 0 Å². The van der Waals surface area contributed by atoms with Crippen LogP contribution >= 0.6 is 0 Å². The summed E-state index contributed by atoms with van der Waals surface area (Å²) >= 11 is 0. The molecule has 1 aromatic carbocycles. The third-order valence-corrected chi connectivity index (χ3v) is 4.06. The summed E-state index contributed by atoms with van der Waals surface area (Å²) < 4.78 is 0. The number of benzene rings is 1. The molecule has 18 heavy (non-hydrogen) atoms. The second-order valence-corrected chi connectivity index (χ2v) is 5.68. The summed E-state index contributed by atoms with van der Waals surface area (Å²) in [4.78, 5) is 2.50. The molecule has 1 N–H and O–H groups in total. The number of hydrogen-bond donors (Lipinski definition) is 1. The zero-order chi connectivity index (χ0) is 13.0. The van der Waals surface area contributed by atoms with Crippen molar-refractivity contribution in [3.63, 3.8) is 0 Å². The van der Waals surface area contributed by atoms with Crippen LogP contribution in [0.3, 0.4) is 0 Å². The molecule has 0 bridgehead atoms. The maximum atomic E-state index is 9.68. The molecule has 1 fully saturated rings. The fourth-order valence-corrected chi connectivity index (χ4v) is 2.73. The highest BCUT2D eigenvalue weighted by molar-refractivity contribution is 5.21. The summed E-state index contributed by atoms with van der Waals surface area (Å²) in [6.07, 6.45) is 3.36. The highest BCUT2D eigenvalue weighted by Crippen LogP contribution is 2.19. The second kappa shape index (κ2) is 6.35. The molecule has 2 rings (SSSR count). The smallest absolute Gasteiger partial charge is 0.0552 e. The van der Waals surface area contributed by atoms with E-state index in [1.54, 1.807) is 0 Å². The van der Waals surface area contributed by atoms with Gasteiger partial charge in [0, 0.05) is 13.1 Å². The van der Waals surface area contributed by atoms with E-state index in [2.05, 4.69) is 36.1 Å². The molecule has 1 aliphatic heterocycles. The number of hydrogen-bond acceptors (Lipinski definition) is 2. The molecule has 2 nitrogen and oxygen atoms in total. The van der Waals surface area contributed by atoms with E-state index in [4.69, 9.17) is 0 Å². The summed E-state index contributed by atoms with van der Waals surface area (Å²) in [5, 5.41) is 9.68. The first kappa shape index (κ1) is 13.6. The summed E-state index contributed by atoms with van der Waals surface area (Å²) in [7, 11) is 0. The van der Waals surface area contributed by atoms with Gasteiger partial charge in [-0.3, -0.25) is 0 Å². The number of rotatable bonds is 4. The van der Waals surface area contributed by atoms with Crippen LogP contribution in [-0.2, 0) is 6.42 Å². The third kappa shape index (κ3) is 3.82. The predicted octanol–water partition coefficient (Wildman–Crippen LogP) is 2.63. The number of aliphatic hydroxyl groups is 1. The first-order valence-corrected chi connectivity index (χ1v) is 7.11. The van der Waals surface area contributed by atoms with Crippen LogP contribution in [-0.4, -0.2) is 35.7 Å². The molecule has 0 spiro atoms. The predicted molar refractivity (Wildman–Crippen MR) is 75.7 cm³/mol. The van der Waals surface area contributed by atoms with Crippen LogP contribution < -0.4 is 0 Å². The van der Waals surface area contributed by atoms with E-state index in [1.165, 1.54) is 30.5 Å². The molecule has 1 aromatic rings. The average Bonchev–Trinajstić information content (AvgIpc) is 2.38. The quantitative estimate of drug-likeness (QED) is 0.884. The van der Waals surface area contributed by atoms with E-state index in [-0.39, 0.29) is 6.10 Å². The van der Waals surface area contributed by atoms with Crippen molar-refractivity contribution in [3.05, 3.63) is 35.4 Å². The number of likely N-dealkylation sites (tertiary alicyclic amines) is 1.